The molecule has 2 heteroatoms. The van der Waals surface area contributed by atoms with Crippen molar-refractivity contribution in [3.63, 3.8) is 0 Å². The fraction of sp³-hybridized carbons (Fsp3) is 0.688. The molecule has 1 saturated carbocycles. The van der Waals surface area contributed by atoms with E-state index in [-0.39, 0.29) is 0 Å². The van der Waals surface area contributed by atoms with E-state index in [1.165, 1.54) is 32.1 Å². The Bertz CT molecular complexity index is 328. The molecule has 0 radical (unpaired) electrons. The Labute approximate surface area is 111 Å². The molecule has 1 heterocycles. The average molecular weight is 246 g/mol. The van der Waals surface area contributed by atoms with E-state index in [9.17, 15) is 0 Å². The van der Waals surface area contributed by atoms with Crippen LogP contribution >= 0.6 is 0 Å². The molecule has 1 fully saturated rings. The van der Waals surface area contributed by atoms with Gasteiger partial charge in [0.2, 0.25) is 0 Å². The lowest BCUT2D eigenvalue weighted by Gasteiger charge is -2.28. The average Bonchev–Trinajstić information content (AvgIpc) is 2.46. The lowest BCUT2D eigenvalue weighted by molar-refractivity contribution is 0.258. The third kappa shape index (κ3) is 3.81. The van der Waals surface area contributed by atoms with Crippen LogP contribution in [0.3, 0.4) is 0 Å². The van der Waals surface area contributed by atoms with Crippen molar-refractivity contribution < 1.29 is 0 Å². The van der Waals surface area contributed by atoms with Crippen molar-refractivity contribution >= 4 is 0 Å². The van der Waals surface area contributed by atoms with E-state index < -0.39 is 0 Å². The maximum absolute atomic E-state index is 4.41. The van der Waals surface area contributed by atoms with Crippen LogP contribution in [0, 0.1) is 11.8 Å². The number of hydrogen-bond acceptors (Lipinski definition) is 2. The van der Waals surface area contributed by atoms with Crippen LogP contribution in [0.1, 0.15) is 57.7 Å². The molecule has 0 saturated heterocycles. The summed E-state index contributed by atoms with van der Waals surface area (Å²) in [7, 11) is 0. The molecule has 0 amide bonds. The molecule has 1 aromatic heterocycles. The SMILES string of the molecule is CCC1CCC(CNC(C)c2ccccn2)CC1. The first-order chi connectivity index (χ1) is 8.79. The van der Waals surface area contributed by atoms with Crippen LogP contribution in [0.5, 0.6) is 0 Å². The van der Waals surface area contributed by atoms with Crippen molar-refractivity contribution in [2.45, 2.75) is 52.0 Å². The Hall–Kier alpha value is -0.890. The Morgan fingerprint density at radius 3 is 2.56 bits per heavy atom. The molecule has 100 valence electrons. The molecule has 1 atom stereocenters. The van der Waals surface area contributed by atoms with E-state index in [4.69, 9.17) is 0 Å². The van der Waals surface area contributed by atoms with Gasteiger partial charge in [0, 0.05) is 12.2 Å². The molecule has 2 nitrogen and oxygen atoms in total. The second-order valence-corrected chi connectivity index (χ2v) is 5.68. The van der Waals surface area contributed by atoms with Gasteiger partial charge >= 0.3 is 0 Å². The lowest BCUT2D eigenvalue weighted by Crippen LogP contribution is -2.28. The molecule has 1 N–H and O–H groups in total. The van der Waals surface area contributed by atoms with E-state index >= 15 is 0 Å². The van der Waals surface area contributed by atoms with Gasteiger partial charge in [-0.1, -0.05) is 32.3 Å². The first kappa shape index (κ1) is 13.5. The van der Waals surface area contributed by atoms with E-state index in [2.05, 4.69) is 36.3 Å². The molecule has 1 aromatic rings. The molecule has 18 heavy (non-hydrogen) atoms. The van der Waals surface area contributed by atoms with Gasteiger partial charge in [-0.05, 0) is 50.3 Å². The first-order valence-electron chi connectivity index (χ1n) is 7.44. The van der Waals surface area contributed by atoms with Crippen LogP contribution < -0.4 is 5.32 Å². The number of nitrogens with one attached hydrogen (secondary N) is 1. The molecule has 2 rings (SSSR count). The molecule has 0 aromatic carbocycles. The number of pyridine rings is 1. The van der Waals surface area contributed by atoms with Gasteiger partial charge < -0.3 is 5.32 Å². The fourth-order valence-corrected chi connectivity index (χ4v) is 2.92. The smallest absolute Gasteiger partial charge is 0.0570 e. The van der Waals surface area contributed by atoms with Crippen LogP contribution in [-0.4, -0.2) is 11.5 Å². The van der Waals surface area contributed by atoms with E-state index in [1.807, 2.05) is 12.3 Å². The van der Waals surface area contributed by atoms with Crippen molar-refractivity contribution in [2.75, 3.05) is 6.54 Å². The van der Waals surface area contributed by atoms with Gasteiger partial charge in [0.1, 0.15) is 0 Å². The van der Waals surface area contributed by atoms with E-state index in [0.717, 1.165) is 24.1 Å². The maximum atomic E-state index is 4.41. The largest absolute Gasteiger partial charge is 0.309 e. The highest BCUT2D eigenvalue weighted by atomic mass is 14.9. The van der Waals surface area contributed by atoms with Crippen LogP contribution in [0.25, 0.3) is 0 Å². The molecular formula is C16H26N2. The Balaban J connectivity index is 1.72. The second-order valence-electron chi connectivity index (χ2n) is 5.68. The summed E-state index contributed by atoms with van der Waals surface area (Å²) in [5.41, 5.74) is 1.15. The third-order valence-electron chi connectivity index (χ3n) is 4.39. The third-order valence-corrected chi connectivity index (χ3v) is 4.39. The van der Waals surface area contributed by atoms with Crippen LogP contribution in [0.4, 0.5) is 0 Å². The Morgan fingerprint density at radius 1 is 1.22 bits per heavy atom. The standard InChI is InChI=1S/C16H26N2/c1-3-14-7-9-15(10-8-14)12-18-13(2)16-6-4-5-11-17-16/h4-6,11,13-15,18H,3,7-10,12H2,1-2H3. The predicted octanol–water partition coefficient (Wildman–Crippen LogP) is 3.95. The van der Waals surface area contributed by atoms with Gasteiger partial charge in [-0.2, -0.15) is 0 Å². The van der Waals surface area contributed by atoms with Crippen molar-refractivity contribution in [1.82, 2.24) is 10.3 Å². The summed E-state index contributed by atoms with van der Waals surface area (Å²) >= 11 is 0. The number of nitrogens with zero attached hydrogens (tertiary/aromatic N) is 1. The quantitative estimate of drug-likeness (QED) is 0.851. The van der Waals surface area contributed by atoms with Crippen LogP contribution in [0.2, 0.25) is 0 Å². The summed E-state index contributed by atoms with van der Waals surface area (Å²) in [5.74, 6) is 1.87. The van der Waals surface area contributed by atoms with Crippen LogP contribution in [0.15, 0.2) is 24.4 Å². The van der Waals surface area contributed by atoms with Gasteiger partial charge in [-0.25, -0.2) is 0 Å². The summed E-state index contributed by atoms with van der Waals surface area (Å²) in [5, 5.41) is 3.64. The minimum Gasteiger partial charge on any atom is -0.309 e. The highest BCUT2D eigenvalue weighted by Gasteiger charge is 2.20. The molecular weight excluding hydrogens is 220 g/mol. The zero-order chi connectivity index (χ0) is 12.8. The van der Waals surface area contributed by atoms with E-state index in [1.54, 1.807) is 0 Å². The van der Waals surface area contributed by atoms with Crippen LogP contribution in [-0.2, 0) is 0 Å². The van der Waals surface area contributed by atoms with E-state index in [0.29, 0.717) is 6.04 Å². The molecule has 1 aliphatic rings. The lowest BCUT2D eigenvalue weighted by atomic mass is 9.81. The summed E-state index contributed by atoms with van der Waals surface area (Å²) in [6.07, 6.45) is 8.91. The highest BCUT2D eigenvalue weighted by molar-refractivity contribution is 5.07. The minimum absolute atomic E-state index is 0.370. The molecule has 0 spiro atoms. The molecule has 1 unspecified atom stereocenters. The summed E-state index contributed by atoms with van der Waals surface area (Å²) in [6, 6.07) is 6.51. The zero-order valence-corrected chi connectivity index (χ0v) is 11.7. The Morgan fingerprint density at radius 2 is 1.94 bits per heavy atom. The number of rotatable bonds is 5. The maximum Gasteiger partial charge on any atom is 0.0570 e. The molecule has 0 bridgehead atoms. The second kappa shape index (κ2) is 6.89. The molecule has 0 aliphatic heterocycles. The Kier molecular flexibility index (Phi) is 5.18. The van der Waals surface area contributed by atoms with Crippen molar-refractivity contribution in [3.8, 4) is 0 Å². The van der Waals surface area contributed by atoms with Crippen molar-refractivity contribution in [1.29, 1.82) is 0 Å². The van der Waals surface area contributed by atoms with Crippen molar-refractivity contribution in [3.05, 3.63) is 30.1 Å². The number of aromatic nitrogens is 1. The monoisotopic (exact) mass is 246 g/mol. The minimum atomic E-state index is 0.370. The van der Waals surface area contributed by atoms with Gasteiger partial charge in [0.15, 0.2) is 0 Å². The van der Waals surface area contributed by atoms with Crippen molar-refractivity contribution in [2.24, 2.45) is 11.8 Å². The first-order valence-corrected chi connectivity index (χ1v) is 7.44. The zero-order valence-electron chi connectivity index (χ0n) is 11.7. The highest BCUT2D eigenvalue weighted by Crippen LogP contribution is 2.30. The molecule has 1 aliphatic carbocycles. The van der Waals surface area contributed by atoms with Gasteiger partial charge in [0.05, 0.1) is 5.69 Å². The predicted molar refractivity (Wildman–Crippen MR) is 76.4 cm³/mol. The normalized spacial score (nSPS) is 25.9. The topological polar surface area (TPSA) is 24.9 Å². The fourth-order valence-electron chi connectivity index (χ4n) is 2.92. The number of hydrogen-bond donors (Lipinski definition) is 1. The van der Waals surface area contributed by atoms with Gasteiger partial charge in [-0.15, -0.1) is 0 Å². The summed E-state index contributed by atoms with van der Waals surface area (Å²) in [4.78, 5) is 4.41. The van der Waals surface area contributed by atoms with Gasteiger partial charge in [-0.3, -0.25) is 4.98 Å². The summed E-state index contributed by atoms with van der Waals surface area (Å²) in [6.45, 7) is 5.68. The summed E-state index contributed by atoms with van der Waals surface area (Å²) < 4.78 is 0. The van der Waals surface area contributed by atoms with Gasteiger partial charge in [0.25, 0.3) is 0 Å².